The molecule has 84 valence electrons. The Balaban J connectivity index is 2.31. The van der Waals surface area contributed by atoms with Gasteiger partial charge < -0.3 is 5.73 Å². The van der Waals surface area contributed by atoms with Crippen LogP contribution in [0.25, 0.3) is 0 Å². The van der Waals surface area contributed by atoms with Crippen LogP contribution in [0.4, 0.5) is 11.5 Å². The largest absolute Gasteiger partial charge is 0.397 e. The van der Waals surface area contributed by atoms with Gasteiger partial charge in [-0.2, -0.15) is 0 Å². The highest BCUT2D eigenvalue weighted by Crippen LogP contribution is 2.14. The van der Waals surface area contributed by atoms with Crippen molar-refractivity contribution in [2.24, 2.45) is 0 Å². The molecule has 0 atom stereocenters. The van der Waals surface area contributed by atoms with Gasteiger partial charge in [-0.1, -0.05) is 0 Å². The van der Waals surface area contributed by atoms with Gasteiger partial charge in [0.05, 0.1) is 11.4 Å². The highest BCUT2D eigenvalue weighted by atomic mass is 15.4. The van der Waals surface area contributed by atoms with Crippen LogP contribution in [0.2, 0.25) is 0 Å². The van der Waals surface area contributed by atoms with Crippen LogP contribution in [0.15, 0.2) is 24.3 Å². The van der Waals surface area contributed by atoms with E-state index in [9.17, 15) is 0 Å². The molecule has 2 heterocycles. The molecule has 2 rings (SSSR count). The molecule has 2 aromatic rings. The number of nitrogens with two attached hydrogens (primary N) is 1. The van der Waals surface area contributed by atoms with Gasteiger partial charge in [0, 0.05) is 11.4 Å². The zero-order valence-corrected chi connectivity index (χ0v) is 9.78. The van der Waals surface area contributed by atoms with E-state index < -0.39 is 0 Å². The highest BCUT2D eigenvalue weighted by Gasteiger charge is 2.02. The van der Waals surface area contributed by atoms with E-state index in [1.54, 1.807) is 0 Å². The zero-order chi connectivity index (χ0) is 11.7. The number of hydrogen-bond donors (Lipinski definition) is 2. The molecule has 3 N–H and O–H groups in total. The number of nitrogens with one attached hydrogen (secondary N) is 1. The van der Waals surface area contributed by atoms with E-state index in [2.05, 4.69) is 22.5 Å². The third-order valence-corrected chi connectivity index (χ3v) is 2.62. The van der Waals surface area contributed by atoms with Gasteiger partial charge in [-0.05, 0) is 45.0 Å². The van der Waals surface area contributed by atoms with Gasteiger partial charge in [0.25, 0.3) is 0 Å². The van der Waals surface area contributed by atoms with Crippen molar-refractivity contribution in [3.05, 3.63) is 41.3 Å². The number of hydrogen-bond acceptors (Lipinski definition) is 3. The van der Waals surface area contributed by atoms with Crippen LogP contribution < -0.4 is 11.2 Å². The molecule has 16 heavy (non-hydrogen) atoms. The summed E-state index contributed by atoms with van der Waals surface area (Å²) in [5, 5.41) is 0. The topological polar surface area (TPSA) is 55.9 Å². The Bertz CT molecular complexity index is 494. The van der Waals surface area contributed by atoms with Crippen LogP contribution in [0.5, 0.6) is 0 Å². The summed E-state index contributed by atoms with van der Waals surface area (Å²) in [5.41, 5.74) is 12.8. The maximum Gasteiger partial charge on any atom is 0.145 e. The highest BCUT2D eigenvalue weighted by molar-refractivity contribution is 5.49. The second-order valence-electron chi connectivity index (χ2n) is 3.93. The van der Waals surface area contributed by atoms with Crippen LogP contribution >= 0.6 is 0 Å². The minimum absolute atomic E-state index is 0.714. The summed E-state index contributed by atoms with van der Waals surface area (Å²) in [5.74, 6) is 0.800. The number of pyridine rings is 1. The lowest BCUT2D eigenvalue weighted by Crippen LogP contribution is -2.13. The molecule has 0 aliphatic carbocycles. The number of rotatable bonds is 2. The molecule has 0 aromatic carbocycles. The Kier molecular flexibility index (Phi) is 2.56. The zero-order valence-electron chi connectivity index (χ0n) is 9.78. The van der Waals surface area contributed by atoms with Crippen molar-refractivity contribution in [2.45, 2.75) is 20.8 Å². The van der Waals surface area contributed by atoms with Gasteiger partial charge in [0.15, 0.2) is 0 Å². The number of nitrogens with zero attached hydrogens (tertiary/aromatic N) is 2. The minimum atomic E-state index is 0.714. The van der Waals surface area contributed by atoms with E-state index in [-0.39, 0.29) is 0 Å². The van der Waals surface area contributed by atoms with Gasteiger partial charge in [-0.3, -0.25) is 10.1 Å². The molecular weight excluding hydrogens is 200 g/mol. The second kappa shape index (κ2) is 3.89. The van der Waals surface area contributed by atoms with E-state index in [0.717, 1.165) is 22.9 Å². The van der Waals surface area contributed by atoms with Crippen LogP contribution in [-0.2, 0) is 0 Å². The van der Waals surface area contributed by atoms with Crippen molar-refractivity contribution in [1.82, 2.24) is 9.66 Å². The molecule has 0 radical (unpaired) electrons. The molecule has 0 aliphatic rings. The van der Waals surface area contributed by atoms with Crippen molar-refractivity contribution >= 4 is 11.5 Å². The molecule has 0 saturated heterocycles. The molecule has 4 nitrogen and oxygen atoms in total. The van der Waals surface area contributed by atoms with Gasteiger partial charge in [-0.15, -0.1) is 0 Å². The third-order valence-electron chi connectivity index (χ3n) is 2.62. The van der Waals surface area contributed by atoms with Crippen molar-refractivity contribution in [2.75, 3.05) is 11.2 Å². The summed E-state index contributed by atoms with van der Waals surface area (Å²) < 4.78 is 2.00. The summed E-state index contributed by atoms with van der Waals surface area (Å²) in [4.78, 5) is 4.37. The molecule has 0 bridgehead atoms. The molecule has 0 unspecified atom stereocenters. The van der Waals surface area contributed by atoms with E-state index in [1.807, 2.05) is 37.6 Å². The van der Waals surface area contributed by atoms with Gasteiger partial charge in [0.2, 0.25) is 0 Å². The van der Waals surface area contributed by atoms with E-state index in [0.29, 0.717) is 5.69 Å². The third kappa shape index (κ3) is 1.86. The van der Waals surface area contributed by atoms with Gasteiger partial charge in [0.1, 0.15) is 5.82 Å². The van der Waals surface area contributed by atoms with Crippen molar-refractivity contribution in [3.8, 4) is 0 Å². The van der Waals surface area contributed by atoms with Crippen molar-refractivity contribution < 1.29 is 0 Å². The van der Waals surface area contributed by atoms with Crippen LogP contribution in [-0.4, -0.2) is 9.66 Å². The first-order chi connectivity index (χ1) is 7.58. The molecule has 2 aromatic heterocycles. The first-order valence-corrected chi connectivity index (χ1v) is 5.23. The maximum atomic E-state index is 5.72. The number of nitrogen functional groups attached to an aromatic ring is 1. The Morgan fingerprint density at radius 3 is 2.25 bits per heavy atom. The quantitative estimate of drug-likeness (QED) is 0.809. The number of aromatic nitrogens is 2. The first kappa shape index (κ1) is 10.5. The SMILES string of the molecule is Cc1nc(Nn2c(C)ccc2C)ccc1N. The Hall–Kier alpha value is -1.97. The van der Waals surface area contributed by atoms with Gasteiger partial charge in [-0.25, -0.2) is 4.98 Å². The lowest BCUT2D eigenvalue weighted by atomic mass is 10.3. The molecular formula is C12H16N4. The lowest BCUT2D eigenvalue weighted by molar-refractivity contribution is 0.869. The predicted molar refractivity (Wildman–Crippen MR) is 66.3 cm³/mol. The number of anilines is 2. The summed E-state index contributed by atoms with van der Waals surface area (Å²) in [6.45, 7) is 5.99. The van der Waals surface area contributed by atoms with Crippen LogP contribution in [0.1, 0.15) is 17.1 Å². The van der Waals surface area contributed by atoms with Crippen LogP contribution in [0.3, 0.4) is 0 Å². The molecule has 0 spiro atoms. The minimum Gasteiger partial charge on any atom is -0.397 e. The Morgan fingerprint density at radius 2 is 1.69 bits per heavy atom. The predicted octanol–water partition coefficient (Wildman–Crippen LogP) is 2.27. The normalized spacial score (nSPS) is 10.4. The smallest absolute Gasteiger partial charge is 0.145 e. The molecule has 0 saturated carbocycles. The monoisotopic (exact) mass is 216 g/mol. The average molecular weight is 216 g/mol. The molecule has 4 heteroatoms. The maximum absolute atomic E-state index is 5.72. The fraction of sp³-hybridized carbons (Fsp3) is 0.250. The molecule has 0 aliphatic heterocycles. The summed E-state index contributed by atoms with van der Waals surface area (Å²) >= 11 is 0. The Labute approximate surface area is 95.1 Å². The van der Waals surface area contributed by atoms with Crippen molar-refractivity contribution in [3.63, 3.8) is 0 Å². The van der Waals surface area contributed by atoms with Gasteiger partial charge >= 0.3 is 0 Å². The van der Waals surface area contributed by atoms with Crippen LogP contribution in [0, 0.1) is 20.8 Å². The standard InChI is InChI=1S/C12H16N4/c1-8-4-5-9(2)16(8)15-12-7-6-11(13)10(3)14-12/h4-7H,13H2,1-3H3,(H,14,15). The van der Waals surface area contributed by atoms with E-state index >= 15 is 0 Å². The second-order valence-corrected chi connectivity index (χ2v) is 3.93. The van der Waals surface area contributed by atoms with Crippen molar-refractivity contribution in [1.29, 1.82) is 0 Å². The lowest BCUT2D eigenvalue weighted by Gasteiger charge is -2.12. The first-order valence-electron chi connectivity index (χ1n) is 5.23. The fourth-order valence-electron chi connectivity index (χ4n) is 1.59. The summed E-state index contributed by atoms with van der Waals surface area (Å²) in [6.07, 6.45) is 0. The average Bonchev–Trinajstić information content (AvgIpc) is 2.55. The summed E-state index contributed by atoms with van der Waals surface area (Å²) in [6, 6.07) is 7.86. The number of aryl methyl sites for hydroxylation is 3. The fourth-order valence-corrected chi connectivity index (χ4v) is 1.59. The molecule has 0 amide bonds. The molecule has 0 fully saturated rings. The summed E-state index contributed by atoms with van der Waals surface area (Å²) in [7, 11) is 0. The van der Waals surface area contributed by atoms with E-state index in [1.165, 1.54) is 0 Å². The van der Waals surface area contributed by atoms with E-state index in [4.69, 9.17) is 5.73 Å². The Morgan fingerprint density at radius 1 is 1.06 bits per heavy atom.